The van der Waals surface area contributed by atoms with Gasteiger partial charge < -0.3 is 15.7 Å². The van der Waals surface area contributed by atoms with Gasteiger partial charge in [0.25, 0.3) is 5.91 Å². The normalized spacial score (nSPS) is 18.1. The van der Waals surface area contributed by atoms with Crippen LogP contribution in [0.4, 0.5) is 11.4 Å². The molecular weight excluding hydrogens is 380 g/mol. The van der Waals surface area contributed by atoms with Crippen molar-refractivity contribution in [1.82, 2.24) is 0 Å². The second-order valence-electron chi connectivity index (χ2n) is 7.76. The van der Waals surface area contributed by atoms with Gasteiger partial charge in [0.1, 0.15) is 0 Å². The van der Waals surface area contributed by atoms with E-state index in [-0.39, 0.29) is 5.91 Å². The maximum absolute atomic E-state index is 12.8. The number of carboxylic acids is 1. The van der Waals surface area contributed by atoms with Gasteiger partial charge in [0.15, 0.2) is 0 Å². The summed E-state index contributed by atoms with van der Waals surface area (Å²) in [5, 5.41) is 15.0. The van der Waals surface area contributed by atoms with Crippen LogP contribution in [0.2, 0.25) is 0 Å². The van der Waals surface area contributed by atoms with Crippen LogP contribution in [0.5, 0.6) is 0 Å². The fourth-order valence-electron chi connectivity index (χ4n) is 3.54. The van der Waals surface area contributed by atoms with E-state index in [1.165, 1.54) is 5.56 Å². The van der Waals surface area contributed by atoms with Crippen LogP contribution < -0.4 is 10.6 Å². The van der Waals surface area contributed by atoms with Gasteiger partial charge in [-0.2, -0.15) is 0 Å². The Bertz CT molecular complexity index is 963. The van der Waals surface area contributed by atoms with E-state index in [0.717, 1.165) is 0 Å². The van der Waals surface area contributed by atoms with Crippen LogP contribution in [0.3, 0.4) is 0 Å². The van der Waals surface area contributed by atoms with Gasteiger partial charge >= 0.3 is 5.97 Å². The van der Waals surface area contributed by atoms with Gasteiger partial charge in [0, 0.05) is 5.69 Å². The minimum Gasteiger partial charge on any atom is -0.481 e. The summed E-state index contributed by atoms with van der Waals surface area (Å²) in [5.74, 6) is -2.78. The summed E-state index contributed by atoms with van der Waals surface area (Å²) >= 11 is 0. The summed E-state index contributed by atoms with van der Waals surface area (Å²) in [6.45, 7) is 4.20. The van der Waals surface area contributed by atoms with E-state index in [9.17, 15) is 19.5 Å². The summed E-state index contributed by atoms with van der Waals surface area (Å²) in [4.78, 5) is 37.1. The fraction of sp³-hybridized carbons (Fsp3) is 0.292. The van der Waals surface area contributed by atoms with Gasteiger partial charge in [-0.05, 0) is 48.6 Å². The first kappa shape index (κ1) is 21.3. The van der Waals surface area contributed by atoms with E-state index < -0.39 is 23.7 Å². The summed E-state index contributed by atoms with van der Waals surface area (Å²) in [6.07, 6.45) is 4.29. The molecule has 6 nitrogen and oxygen atoms in total. The maximum atomic E-state index is 12.8. The van der Waals surface area contributed by atoms with Gasteiger partial charge in [-0.1, -0.05) is 50.3 Å². The third kappa shape index (κ3) is 4.95. The molecule has 3 rings (SSSR count). The standard InChI is InChI=1S/C24H26N2O4/c1-15(2)16-11-13-17(14-12-16)25-23(28)20-9-5-6-10-21(20)26-22(27)18-7-3-4-8-19(18)24(29)30/h3-6,9-15,18-19H,7-8H2,1-2H3,(H,25,28)(H,26,27)(H,29,30)/t18-,19-/m0/s1. The van der Waals surface area contributed by atoms with Crippen LogP contribution in [-0.4, -0.2) is 22.9 Å². The first-order chi connectivity index (χ1) is 14.4. The SMILES string of the molecule is CC(C)c1ccc(NC(=O)c2ccccc2NC(=O)[C@H]2CC=CC[C@@H]2C(=O)O)cc1. The van der Waals surface area contributed by atoms with Crippen LogP contribution in [0, 0.1) is 11.8 Å². The molecule has 30 heavy (non-hydrogen) atoms. The van der Waals surface area contributed by atoms with Crippen molar-refractivity contribution in [1.29, 1.82) is 0 Å². The number of allylic oxidation sites excluding steroid dienone is 2. The second kappa shape index (κ2) is 9.39. The second-order valence-corrected chi connectivity index (χ2v) is 7.76. The fourth-order valence-corrected chi connectivity index (χ4v) is 3.54. The number of carbonyl (C=O) groups is 3. The lowest BCUT2D eigenvalue weighted by Gasteiger charge is -2.24. The predicted molar refractivity (Wildman–Crippen MR) is 117 cm³/mol. The number of anilines is 2. The first-order valence-corrected chi connectivity index (χ1v) is 10.1. The highest BCUT2D eigenvalue weighted by Crippen LogP contribution is 2.28. The molecule has 0 spiro atoms. The van der Waals surface area contributed by atoms with Crippen molar-refractivity contribution in [2.75, 3.05) is 10.6 Å². The molecule has 1 aliphatic carbocycles. The molecule has 0 radical (unpaired) electrons. The number of carbonyl (C=O) groups excluding carboxylic acids is 2. The Morgan fingerprint density at radius 3 is 2.17 bits per heavy atom. The highest BCUT2D eigenvalue weighted by atomic mass is 16.4. The lowest BCUT2D eigenvalue weighted by molar-refractivity contribution is -0.146. The quantitative estimate of drug-likeness (QED) is 0.608. The van der Waals surface area contributed by atoms with Crippen LogP contribution >= 0.6 is 0 Å². The molecule has 0 heterocycles. The number of carboxylic acid groups (broad SMARTS) is 1. The zero-order valence-electron chi connectivity index (χ0n) is 17.1. The molecule has 3 N–H and O–H groups in total. The molecule has 2 amide bonds. The molecule has 0 bridgehead atoms. The monoisotopic (exact) mass is 406 g/mol. The van der Waals surface area contributed by atoms with E-state index >= 15 is 0 Å². The number of hydrogen-bond acceptors (Lipinski definition) is 3. The number of aliphatic carboxylic acids is 1. The smallest absolute Gasteiger partial charge is 0.307 e. The Labute approximate surface area is 176 Å². The van der Waals surface area contributed by atoms with Crippen LogP contribution in [0.15, 0.2) is 60.7 Å². The lowest BCUT2D eigenvalue weighted by atomic mass is 9.82. The molecule has 6 heteroatoms. The van der Waals surface area contributed by atoms with Gasteiger partial charge in [0.05, 0.1) is 23.1 Å². The summed E-state index contributed by atoms with van der Waals surface area (Å²) < 4.78 is 0. The molecule has 0 saturated carbocycles. The van der Waals surface area contributed by atoms with Crippen LogP contribution in [-0.2, 0) is 9.59 Å². The van der Waals surface area contributed by atoms with Crippen molar-refractivity contribution in [3.8, 4) is 0 Å². The Hall–Kier alpha value is -3.41. The molecule has 1 aliphatic rings. The molecule has 2 atom stereocenters. The maximum Gasteiger partial charge on any atom is 0.307 e. The largest absolute Gasteiger partial charge is 0.481 e. The molecule has 0 saturated heterocycles. The van der Waals surface area contributed by atoms with Crippen molar-refractivity contribution in [3.63, 3.8) is 0 Å². The summed E-state index contributed by atoms with van der Waals surface area (Å²) in [6, 6.07) is 14.3. The van der Waals surface area contributed by atoms with Crippen molar-refractivity contribution in [2.45, 2.75) is 32.6 Å². The Kier molecular flexibility index (Phi) is 6.67. The lowest BCUT2D eigenvalue weighted by Crippen LogP contribution is -2.35. The molecule has 0 aliphatic heterocycles. The van der Waals surface area contributed by atoms with E-state index in [4.69, 9.17) is 0 Å². The highest BCUT2D eigenvalue weighted by Gasteiger charge is 2.34. The van der Waals surface area contributed by atoms with E-state index in [2.05, 4.69) is 24.5 Å². The molecule has 2 aromatic rings. The number of nitrogens with one attached hydrogen (secondary N) is 2. The molecule has 156 valence electrons. The summed E-state index contributed by atoms with van der Waals surface area (Å²) in [5.41, 5.74) is 2.51. The van der Waals surface area contributed by atoms with Gasteiger partial charge in [-0.25, -0.2) is 0 Å². The highest BCUT2D eigenvalue weighted by molar-refractivity contribution is 6.10. The molecular formula is C24H26N2O4. The van der Waals surface area contributed by atoms with Crippen LogP contribution in [0.1, 0.15) is 48.5 Å². The number of benzene rings is 2. The summed E-state index contributed by atoms with van der Waals surface area (Å²) in [7, 11) is 0. The molecule has 0 fully saturated rings. The zero-order chi connectivity index (χ0) is 21.7. The third-order valence-electron chi connectivity index (χ3n) is 5.35. The van der Waals surface area contributed by atoms with Gasteiger partial charge in [-0.3, -0.25) is 14.4 Å². The zero-order valence-corrected chi connectivity index (χ0v) is 17.1. The van der Waals surface area contributed by atoms with Gasteiger partial charge in [-0.15, -0.1) is 0 Å². The van der Waals surface area contributed by atoms with E-state index in [0.29, 0.717) is 35.7 Å². The number of hydrogen-bond donors (Lipinski definition) is 3. The molecule has 0 aromatic heterocycles. The Morgan fingerprint density at radius 2 is 1.53 bits per heavy atom. The average Bonchev–Trinajstić information content (AvgIpc) is 2.74. The number of amides is 2. The minimum absolute atomic E-state index is 0.317. The third-order valence-corrected chi connectivity index (χ3v) is 5.35. The number of rotatable bonds is 6. The first-order valence-electron chi connectivity index (χ1n) is 10.1. The van der Waals surface area contributed by atoms with Crippen molar-refractivity contribution in [3.05, 3.63) is 71.8 Å². The van der Waals surface area contributed by atoms with Gasteiger partial charge in [0.2, 0.25) is 5.91 Å². The van der Waals surface area contributed by atoms with Crippen molar-refractivity contribution in [2.24, 2.45) is 11.8 Å². The number of para-hydroxylation sites is 1. The van der Waals surface area contributed by atoms with E-state index in [1.54, 1.807) is 30.3 Å². The topological polar surface area (TPSA) is 95.5 Å². The van der Waals surface area contributed by atoms with Crippen molar-refractivity contribution < 1.29 is 19.5 Å². The van der Waals surface area contributed by atoms with Crippen LogP contribution in [0.25, 0.3) is 0 Å². The molecule has 0 unspecified atom stereocenters. The minimum atomic E-state index is -0.990. The Balaban J connectivity index is 1.75. The Morgan fingerprint density at radius 1 is 0.900 bits per heavy atom. The van der Waals surface area contributed by atoms with E-state index in [1.807, 2.05) is 30.3 Å². The van der Waals surface area contributed by atoms with Crippen molar-refractivity contribution >= 4 is 29.2 Å². The molecule has 2 aromatic carbocycles. The predicted octanol–water partition coefficient (Wildman–Crippen LogP) is 4.67. The average molecular weight is 406 g/mol.